The summed E-state index contributed by atoms with van der Waals surface area (Å²) in [6.45, 7) is 14.7. The van der Waals surface area contributed by atoms with Crippen molar-refractivity contribution in [1.29, 1.82) is 0 Å². The van der Waals surface area contributed by atoms with E-state index in [9.17, 15) is 0 Å². The van der Waals surface area contributed by atoms with Gasteiger partial charge in [-0.15, -0.1) is 0 Å². The lowest BCUT2D eigenvalue weighted by Crippen LogP contribution is -2.57. The molecule has 3 rings (SSSR count). The quantitative estimate of drug-likeness (QED) is 0.538. The van der Waals surface area contributed by atoms with Gasteiger partial charge in [-0.1, -0.05) is 41.5 Å². The Kier molecular flexibility index (Phi) is 2.08. The van der Waals surface area contributed by atoms with Gasteiger partial charge in [0.2, 0.25) is 0 Å². The van der Waals surface area contributed by atoms with Crippen LogP contribution in [0.25, 0.3) is 0 Å². The van der Waals surface area contributed by atoms with Gasteiger partial charge in [-0.2, -0.15) is 0 Å². The van der Waals surface area contributed by atoms with Gasteiger partial charge in [-0.3, -0.25) is 0 Å². The molecule has 0 spiro atoms. The van der Waals surface area contributed by atoms with E-state index in [0.29, 0.717) is 10.8 Å². The Hall–Kier alpha value is 0. The van der Waals surface area contributed by atoms with Crippen LogP contribution in [-0.4, -0.2) is 0 Å². The van der Waals surface area contributed by atoms with Crippen molar-refractivity contribution in [3.05, 3.63) is 0 Å². The molecule has 0 aromatic carbocycles. The van der Waals surface area contributed by atoms with Crippen LogP contribution in [0.5, 0.6) is 0 Å². The minimum absolute atomic E-state index is 0.521. The highest BCUT2D eigenvalue weighted by atomic mass is 14.6. The van der Waals surface area contributed by atoms with Gasteiger partial charge < -0.3 is 0 Å². The summed E-state index contributed by atoms with van der Waals surface area (Å²) in [5, 5.41) is 0. The van der Waals surface area contributed by atoms with Crippen molar-refractivity contribution in [2.24, 2.45) is 34.5 Å². The monoisotopic (exact) mass is 194 g/mol. The Morgan fingerprint density at radius 1 is 1.07 bits per heavy atom. The van der Waals surface area contributed by atoms with E-state index < -0.39 is 0 Å². The second-order valence-electron chi connectivity index (χ2n) is 7.43. The molecule has 3 saturated carbocycles. The third kappa shape index (κ3) is 1.26. The second kappa shape index (κ2) is 2.77. The normalized spacial score (nSPS) is 45.9. The fourth-order valence-electron chi connectivity index (χ4n) is 4.29. The van der Waals surface area contributed by atoms with E-state index in [4.69, 9.17) is 0 Å². The van der Waals surface area contributed by atoms with Crippen LogP contribution < -0.4 is 0 Å². The fourth-order valence-corrected chi connectivity index (χ4v) is 4.29. The average molecular weight is 194 g/mol. The van der Waals surface area contributed by atoms with Crippen molar-refractivity contribution >= 4 is 0 Å². The summed E-state index contributed by atoms with van der Waals surface area (Å²) in [7, 11) is 0. The zero-order valence-corrected chi connectivity index (χ0v) is 10.7. The van der Waals surface area contributed by atoms with E-state index in [-0.39, 0.29) is 0 Å². The maximum absolute atomic E-state index is 2.50. The van der Waals surface area contributed by atoms with Gasteiger partial charge >= 0.3 is 0 Å². The van der Waals surface area contributed by atoms with E-state index in [2.05, 4.69) is 41.5 Å². The molecule has 0 aliphatic heterocycles. The molecule has 0 nitrogen and oxygen atoms in total. The van der Waals surface area contributed by atoms with Crippen molar-refractivity contribution in [2.75, 3.05) is 0 Å². The van der Waals surface area contributed by atoms with Crippen molar-refractivity contribution in [3.8, 4) is 0 Å². The van der Waals surface area contributed by atoms with Crippen molar-refractivity contribution in [3.63, 3.8) is 0 Å². The Morgan fingerprint density at radius 2 is 1.64 bits per heavy atom. The van der Waals surface area contributed by atoms with Crippen LogP contribution in [0.2, 0.25) is 0 Å². The molecule has 0 amide bonds. The smallest absolute Gasteiger partial charge is 0.0295 e. The fraction of sp³-hybridized carbons (Fsp3) is 1.00. The third-order valence-corrected chi connectivity index (χ3v) is 5.47. The molecule has 3 aliphatic carbocycles. The number of fused-ring (bicyclic) bond motifs is 2. The van der Waals surface area contributed by atoms with Crippen LogP contribution in [0.1, 0.15) is 54.4 Å². The largest absolute Gasteiger partial charge is 0.0619 e. The molecule has 0 radical (unpaired) electrons. The Morgan fingerprint density at radius 3 is 2.00 bits per heavy atom. The van der Waals surface area contributed by atoms with Crippen molar-refractivity contribution in [2.45, 2.75) is 54.4 Å². The van der Waals surface area contributed by atoms with Gasteiger partial charge in [0.1, 0.15) is 0 Å². The molecule has 0 N–H and O–H groups in total. The highest BCUT2D eigenvalue weighted by molar-refractivity contribution is 5.06. The van der Waals surface area contributed by atoms with Crippen LogP contribution >= 0.6 is 0 Å². The third-order valence-electron chi connectivity index (χ3n) is 5.47. The second-order valence-corrected chi connectivity index (χ2v) is 7.43. The first-order valence-electron chi connectivity index (χ1n) is 6.24. The molecule has 0 aromatic heterocycles. The first-order chi connectivity index (χ1) is 6.24. The summed E-state index contributed by atoms with van der Waals surface area (Å²) < 4.78 is 0. The van der Waals surface area contributed by atoms with Crippen molar-refractivity contribution in [1.82, 2.24) is 0 Å². The standard InChI is InChI=1S/C14H26/c1-9-11(13(2,3)4)7-10-8-12(9)14(10,5)6/h9-12H,7-8H2,1-6H3/t9-,10+,11+,12+/m1/s1. The predicted molar refractivity (Wildman–Crippen MR) is 62.1 cm³/mol. The predicted octanol–water partition coefficient (Wildman–Crippen LogP) is 4.35. The summed E-state index contributed by atoms with van der Waals surface area (Å²) in [6.07, 6.45) is 2.99. The molecule has 2 bridgehead atoms. The molecular weight excluding hydrogens is 168 g/mol. The molecule has 82 valence electrons. The van der Waals surface area contributed by atoms with E-state index in [0.717, 1.165) is 23.7 Å². The number of hydrogen-bond acceptors (Lipinski definition) is 0. The van der Waals surface area contributed by atoms with Crippen molar-refractivity contribution < 1.29 is 0 Å². The molecule has 4 atom stereocenters. The zero-order valence-electron chi connectivity index (χ0n) is 10.7. The first kappa shape index (κ1) is 10.5. The van der Waals surface area contributed by atoms with Gasteiger partial charge in [0.25, 0.3) is 0 Å². The maximum Gasteiger partial charge on any atom is -0.0295 e. The number of rotatable bonds is 0. The molecule has 0 heteroatoms. The molecule has 3 aliphatic rings. The Labute approximate surface area is 89.5 Å². The molecule has 3 fully saturated rings. The highest BCUT2D eigenvalue weighted by Gasteiger charge is 2.57. The minimum atomic E-state index is 0.521. The maximum atomic E-state index is 2.50. The Balaban J connectivity index is 2.16. The van der Waals surface area contributed by atoms with Crippen LogP contribution in [0.3, 0.4) is 0 Å². The SMILES string of the molecule is C[C@@H]1[C@@H](C(C)(C)C)C[C@H]2C[C@@H]1C2(C)C. The van der Waals surface area contributed by atoms with E-state index in [1.165, 1.54) is 12.8 Å². The molecule has 0 unspecified atom stereocenters. The first-order valence-corrected chi connectivity index (χ1v) is 6.24. The summed E-state index contributed by atoms with van der Waals surface area (Å²) in [5.41, 5.74) is 1.17. The van der Waals surface area contributed by atoms with Crippen LogP contribution in [0.4, 0.5) is 0 Å². The lowest BCUT2D eigenvalue weighted by atomic mass is 9.41. The topological polar surface area (TPSA) is 0 Å². The highest BCUT2D eigenvalue weighted by Crippen LogP contribution is 2.65. The van der Waals surface area contributed by atoms with E-state index in [1.54, 1.807) is 0 Å². The van der Waals surface area contributed by atoms with Gasteiger partial charge in [0.15, 0.2) is 0 Å². The number of hydrogen-bond donors (Lipinski definition) is 0. The molecule has 0 saturated heterocycles. The van der Waals surface area contributed by atoms with Crippen LogP contribution in [0, 0.1) is 34.5 Å². The van der Waals surface area contributed by atoms with Gasteiger partial charge in [0, 0.05) is 0 Å². The molecule has 14 heavy (non-hydrogen) atoms. The van der Waals surface area contributed by atoms with Gasteiger partial charge in [-0.05, 0) is 47.3 Å². The summed E-state index contributed by atoms with van der Waals surface area (Å²) >= 11 is 0. The average Bonchev–Trinajstić information content (AvgIpc) is 2.01. The summed E-state index contributed by atoms with van der Waals surface area (Å²) in [6, 6.07) is 0. The van der Waals surface area contributed by atoms with Gasteiger partial charge in [0.05, 0.1) is 0 Å². The van der Waals surface area contributed by atoms with Gasteiger partial charge in [-0.25, -0.2) is 0 Å². The lowest BCUT2D eigenvalue weighted by molar-refractivity contribution is -0.150. The Bertz CT molecular complexity index is 231. The zero-order chi connectivity index (χ0) is 10.7. The van der Waals surface area contributed by atoms with Crippen LogP contribution in [-0.2, 0) is 0 Å². The molecule has 0 heterocycles. The summed E-state index contributed by atoms with van der Waals surface area (Å²) in [4.78, 5) is 0. The lowest BCUT2D eigenvalue weighted by Gasteiger charge is -2.64. The van der Waals surface area contributed by atoms with E-state index >= 15 is 0 Å². The summed E-state index contributed by atoms with van der Waals surface area (Å²) in [5.74, 6) is 3.92. The van der Waals surface area contributed by atoms with Crippen LogP contribution in [0.15, 0.2) is 0 Å². The molecular formula is C14H26. The minimum Gasteiger partial charge on any atom is -0.0619 e. The molecule has 0 aromatic rings. The van der Waals surface area contributed by atoms with E-state index in [1.807, 2.05) is 0 Å².